The van der Waals surface area contributed by atoms with Crippen LogP contribution in [0.4, 0.5) is 15.8 Å². The first-order valence-corrected chi connectivity index (χ1v) is 7.40. The van der Waals surface area contributed by atoms with Crippen molar-refractivity contribution in [2.75, 3.05) is 18.1 Å². The van der Waals surface area contributed by atoms with Gasteiger partial charge >= 0.3 is 0 Å². The zero-order valence-electron chi connectivity index (χ0n) is 12.5. The molecule has 6 heteroatoms. The highest BCUT2D eigenvalue weighted by Gasteiger charge is 2.26. The SMILES string of the molecule is C#CCNC1=NCN(c2cccnc2C)c2cc(Cl)cc(F)c21. The van der Waals surface area contributed by atoms with Gasteiger partial charge in [-0.1, -0.05) is 17.5 Å². The molecule has 0 spiro atoms. The van der Waals surface area contributed by atoms with E-state index >= 15 is 0 Å². The van der Waals surface area contributed by atoms with Crippen molar-refractivity contribution in [3.05, 3.63) is 52.6 Å². The lowest BCUT2D eigenvalue weighted by Crippen LogP contribution is -2.34. The highest BCUT2D eigenvalue weighted by molar-refractivity contribution is 6.31. The first-order chi connectivity index (χ1) is 11.1. The lowest BCUT2D eigenvalue weighted by molar-refractivity contribution is 0.622. The zero-order chi connectivity index (χ0) is 16.4. The topological polar surface area (TPSA) is 40.5 Å². The number of halogens is 2. The van der Waals surface area contributed by atoms with Crippen LogP contribution in [-0.2, 0) is 0 Å². The van der Waals surface area contributed by atoms with Gasteiger partial charge in [0, 0.05) is 11.2 Å². The third-order valence-electron chi connectivity index (χ3n) is 3.56. The predicted molar refractivity (Wildman–Crippen MR) is 90.8 cm³/mol. The van der Waals surface area contributed by atoms with E-state index in [1.54, 1.807) is 12.3 Å². The van der Waals surface area contributed by atoms with Crippen molar-refractivity contribution in [3.8, 4) is 12.3 Å². The Morgan fingerprint density at radius 1 is 1.43 bits per heavy atom. The molecule has 1 aromatic carbocycles. The molecule has 0 aliphatic carbocycles. The molecule has 0 unspecified atom stereocenters. The van der Waals surface area contributed by atoms with Gasteiger partial charge in [0.1, 0.15) is 18.3 Å². The fourth-order valence-electron chi connectivity index (χ4n) is 2.55. The number of hydrogen-bond acceptors (Lipinski definition) is 4. The minimum Gasteiger partial charge on any atom is -0.359 e. The molecule has 23 heavy (non-hydrogen) atoms. The minimum absolute atomic E-state index is 0.270. The number of aromatic nitrogens is 1. The molecule has 116 valence electrons. The number of nitrogens with zero attached hydrogens (tertiary/aromatic N) is 3. The molecule has 0 fully saturated rings. The van der Waals surface area contributed by atoms with Crippen LogP contribution in [0, 0.1) is 25.1 Å². The van der Waals surface area contributed by atoms with Gasteiger partial charge in [0.15, 0.2) is 0 Å². The van der Waals surface area contributed by atoms with Crippen molar-refractivity contribution in [2.24, 2.45) is 4.99 Å². The quantitative estimate of drug-likeness (QED) is 0.860. The van der Waals surface area contributed by atoms with Crippen LogP contribution in [0.1, 0.15) is 11.3 Å². The number of anilines is 2. The van der Waals surface area contributed by atoms with E-state index in [-0.39, 0.29) is 6.54 Å². The van der Waals surface area contributed by atoms with Crippen molar-refractivity contribution < 1.29 is 4.39 Å². The summed E-state index contributed by atoms with van der Waals surface area (Å²) in [5.41, 5.74) is 2.68. The van der Waals surface area contributed by atoms with Crippen LogP contribution in [0.5, 0.6) is 0 Å². The molecule has 0 amide bonds. The summed E-state index contributed by atoms with van der Waals surface area (Å²) < 4.78 is 14.5. The second-order valence-corrected chi connectivity index (χ2v) is 5.46. The summed E-state index contributed by atoms with van der Waals surface area (Å²) in [6.07, 6.45) is 6.98. The van der Waals surface area contributed by atoms with E-state index in [1.807, 2.05) is 24.0 Å². The molecule has 0 radical (unpaired) electrons. The molecule has 1 N–H and O–H groups in total. The standard InChI is InChI=1S/C17H14ClFN4/c1-3-6-21-17-16-13(19)8-12(18)9-15(16)23(10-22-17)14-5-4-7-20-11(14)2/h1,4-5,7-9H,6,10H2,2H3,(H,21,22). The summed E-state index contributed by atoms with van der Waals surface area (Å²) in [7, 11) is 0. The zero-order valence-corrected chi connectivity index (χ0v) is 13.2. The van der Waals surface area contributed by atoms with Crippen LogP contribution in [0.25, 0.3) is 0 Å². The average Bonchev–Trinajstić information content (AvgIpc) is 2.53. The van der Waals surface area contributed by atoms with Gasteiger partial charge in [-0.3, -0.25) is 4.98 Å². The second-order valence-electron chi connectivity index (χ2n) is 5.02. The van der Waals surface area contributed by atoms with Crippen LogP contribution in [0.15, 0.2) is 35.5 Å². The molecule has 0 atom stereocenters. The molecule has 1 aromatic heterocycles. The maximum atomic E-state index is 14.5. The number of aliphatic imine (C=N–C) groups is 1. The van der Waals surface area contributed by atoms with Crippen LogP contribution in [0.2, 0.25) is 5.02 Å². The van der Waals surface area contributed by atoms with E-state index in [4.69, 9.17) is 18.0 Å². The number of benzene rings is 1. The van der Waals surface area contributed by atoms with Gasteiger partial charge in [-0.25, -0.2) is 9.38 Å². The lowest BCUT2D eigenvalue weighted by atomic mass is 10.1. The monoisotopic (exact) mass is 328 g/mol. The molecule has 3 rings (SSSR count). The third-order valence-corrected chi connectivity index (χ3v) is 3.78. The Hall–Kier alpha value is -2.58. The fourth-order valence-corrected chi connectivity index (χ4v) is 2.75. The van der Waals surface area contributed by atoms with E-state index in [2.05, 4.69) is 21.2 Å². The number of amidine groups is 1. The minimum atomic E-state index is -0.443. The van der Waals surface area contributed by atoms with Crippen LogP contribution in [0.3, 0.4) is 0 Å². The van der Waals surface area contributed by atoms with E-state index in [1.165, 1.54) is 6.07 Å². The number of fused-ring (bicyclic) bond motifs is 1. The number of pyridine rings is 1. The Labute approximate surface area is 139 Å². The average molecular weight is 329 g/mol. The number of aryl methyl sites for hydroxylation is 1. The summed E-state index contributed by atoms with van der Waals surface area (Å²) in [4.78, 5) is 10.6. The number of terminal acetylenes is 1. The van der Waals surface area contributed by atoms with E-state index < -0.39 is 5.82 Å². The molecule has 0 saturated heterocycles. The first kappa shape index (κ1) is 15.3. The summed E-state index contributed by atoms with van der Waals surface area (Å²) in [6, 6.07) is 6.74. The summed E-state index contributed by atoms with van der Waals surface area (Å²) >= 11 is 6.05. The number of hydrogen-bond donors (Lipinski definition) is 1. The molecule has 1 aliphatic heterocycles. The van der Waals surface area contributed by atoms with Crippen molar-refractivity contribution in [1.82, 2.24) is 10.3 Å². The lowest BCUT2D eigenvalue weighted by Gasteiger charge is -2.31. The summed E-state index contributed by atoms with van der Waals surface area (Å²) in [6.45, 7) is 2.49. The second kappa shape index (κ2) is 6.27. The fraction of sp³-hybridized carbons (Fsp3) is 0.176. The molecule has 2 aromatic rings. The van der Waals surface area contributed by atoms with Crippen molar-refractivity contribution in [2.45, 2.75) is 6.92 Å². The molecule has 1 aliphatic rings. The van der Waals surface area contributed by atoms with Crippen LogP contribution >= 0.6 is 11.6 Å². The molecular formula is C17H14ClFN4. The Morgan fingerprint density at radius 3 is 3.00 bits per heavy atom. The van der Waals surface area contributed by atoms with Gasteiger partial charge in [-0.05, 0) is 31.2 Å². The van der Waals surface area contributed by atoms with Gasteiger partial charge in [0.25, 0.3) is 0 Å². The first-order valence-electron chi connectivity index (χ1n) is 7.02. The normalized spacial score (nSPS) is 13.1. The smallest absolute Gasteiger partial charge is 0.137 e. The predicted octanol–water partition coefficient (Wildman–Crippen LogP) is 3.26. The molecule has 0 saturated carbocycles. The van der Waals surface area contributed by atoms with Crippen molar-refractivity contribution >= 4 is 28.8 Å². The summed E-state index contributed by atoms with van der Waals surface area (Å²) in [5, 5.41) is 3.29. The maximum absolute atomic E-state index is 14.5. The highest BCUT2D eigenvalue weighted by atomic mass is 35.5. The van der Waals surface area contributed by atoms with Gasteiger partial charge in [0.05, 0.1) is 29.2 Å². The molecule has 4 nitrogen and oxygen atoms in total. The maximum Gasteiger partial charge on any atom is 0.137 e. The molecule has 0 bridgehead atoms. The van der Waals surface area contributed by atoms with E-state index in [9.17, 15) is 4.39 Å². The Kier molecular flexibility index (Phi) is 4.18. The van der Waals surface area contributed by atoms with Gasteiger partial charge in [-0.2, -0.15) is 0 Å². The number of nitrogens with one attached hydrogen (secondary N) is 1. The third kappa shape index (κ3) is 2.86. The Morgan fingerprint density at radius 2 is 2.26 bits per heavy atom. The van der Waals surface area contributed by atoms with E-state index in [0.717, 1.165) is 11.4 Å². The van der Waals surface area contributed by atoms with Crippen LogP contribution in [-0.4, -0.2) is 24.0 Å². The van der Waals surface area contributed by atoms with Gasteiger partial charge in [0.2, 0.25) is 0 Å². The highest BCUT2D eigenvalue weighted by Crippen LogP contribution is 2.36. The van der Waals surface area contributed by atoms with Crippen LogP contribution < -0.4 is 10.2 Å². The number of rotatable bonds is 2. The van der Waals surface area contributed by atoms with Gasteiger partial charge in [-0.15, -0.1) is 6.42 Å². The Balaban J connectivity index is 2.14. The van der Waals surface area contributed by atoms with Crippen molar-refractivity contribution in [1.29, 1.82) is 0 Å². The van der Waals surface area contributed by atoms with Gasteiger partial charge < -0.3 is 10.2 Å². The molecular weight excluding hydrogens is 315 g/mol. The van der Waals surface area contributed by atoms with E-state index in [0.29, 0.717) is 28.8 Å². The van der Waals surface area contributed by atoms with Crippen molar-refractivity contribution in [3.63, 3.8) is 0 Å². The molecule has 2 heterocycles. The Bertz CT molecular complexity index is 826. The largest absolute Gasteiger partial charge is 0.359 e. The summed E-state index contributed by atoms with van der Waals surface area (Å²) in [5.74, 6) is 2.46.